The molecule has 132 valence electrons. The largest absolute Gasteiger partial charge is 0.479 e. The van der Waals surface area contributed by atoms with Crippen LogP contribution in [0.15, 0.2) is 42.7 Å². The molecule has 2 aromatic rings. The first-order valence-electron chi connectivity index (χ1n) is 8.40. The van der Waals surface area contributed by atoms with Crippen molar-refractivity contribution in [1.82, 2.24) is 15.2 Å². The van der Waals surface area contributed by atoms with Gasteiger partial charge in [-0.25, -0.2) is 0 Å². The van der Waals surface area contributed by atoms with Crippen molar-refractivity contribution in [3.8, 4) is 5.75 Å². The van der Waals surface area contributed by atoms with Gasteiger partial charge in [-0.1, -0.05) is 23.7 Å². The molecule has 6 heteroatoms. The van der Waals surface area contributed by atoms with Gasteiger partial charge in [-0.3, -0.25) is 9.78 Å². The molecule has 1 saturated heterocycles. The number of nitrogens with zero attached hydrogens (tertiary/aromatic N) is 2. The number of carbonyl (C=O) groups is 1. The van der Waals surface area contributed by atoms with Crippen LogP contribution in [0.5, 0.6) is 5.75 Å². The Kier molecular flexibility index (Phi) is 5.56. The topological polar surface area (TPSA) is 54.5 Å². The number of amides is 1. The van der Waals surface area contributed by atoms with Gasteiger partial charge in [-0.15, -0.1) is 0 Å². The van der Waals surface area contributed by atoms with Crippen LogP contribution in [0.4, 0.5) is 0 Å². The van der Waals surface area contributed by atoms with E-state index in [1.165, 1.54) is 0 Å². The number of nitrogens with one attached hydrogen (secondary N) is 1. The summed E-state index contributed by atoms with van der Waals surface area (Å²) >= 11 is 6.19. The lowest BCUT2D eigenvalue weighted by molar-refractivity contribution is -0.141. The summed E-state index contributed by atoms with van der Waals surface area (Å²) in [5.41, 5.74) is 2.05. The molecule has 1 N–H and O–H groups in total. The number of pyridine rings is 1. The van der Waals surface area contributed by atoms with Crippen LogP contribution >= 0.6 is 11.6 Å². The van der Waals surface area contributed by atoms with Crippen LogP contribution in [0.3, 0.4) is 0 Å². The number of benzene rings is 1. The zero-order valence-electron chi connectivity index (χ0n) is 14.4. The second kappa shape index (κ2) is 7.85. The van der Waals surface area contributed by atoms with Crippen LogP contribution in [-0.2, 0) is 4.79 Å². The number of rotatable bonds is 4. The maximum atomic E-state index is 13.0. The van der Waals surface area contributed by atoms with Gasteiger partial charge >= 0.3 is 0 Å². The zero-order chi connectivity index (χ0) is 17.8. The standard InChI is InChI=1S/C19H22ClN3O2/c1-13-5-6-16(20)18(10-13)25-14(2)19(24)23-9-8-22-12-17(23)15-4-3-7-21-11-15/h3-7,10-11,14,17,22H,8-9,12H2,1-2H3. The Labute approximate surface area is 153 Å². The molecule has 1 aliphatic heterocycles. The van der Waals surface area contributed by atoms with E-state index in [1.807, 2.05) is 36.1 Å². The van der Waals surface area contributed by atoms with Crippen LogP contribution in [0.1, 0.15) is 24.1 Å². The van der Waals surface area contributed by atoms with Crippen molar-refractivity contribution in [3.63, 3.8) is 0 Å². The molecule has 2 unspecified atom stereocenters. The monoisotopic (exact) mass is 359 g/mol. The summed E-state index contributed by atoms with van der Waals surface area (Å²) in [5, 5.41) is 3.85. The molecule has 0 aliphatic carbocycles. The third-order valence-electron chi connectivity index (χ3n) is 4.33. The predicted octanol–water partition coefficient (Wildman–Crippen LogP) is 2.98. The van der Waals surface area contributed by atoms with Crippen molar-refractivity contribution in [2.24, 2.45) is 0 Å². The number of aromatic nitrogens is 1. The lowest BCUT2D eigenvalue weighted by atomic mass is 10.0. The van der Waals surface area contributed by atoms with E-state index < -0.39 is 6.10 Å². The van der Waals surface area contributed by atoms with Gasteiger partial charge in [0.15, 0.2) is 6.10 Å². The Morgan fingerprint density at radius 2 is 2.28 bits per heavy atom. The number of hydrogen-bond donors (Lipinski definition) is 1. The predicted molar refractivity (Wildman–Crippen MR) is 97.8 cm³/mol. The van der Waals surface area contributed by atoms with Crippen molar-refractivity contribution in [2.45, 2.75) is 26.0 Å². The van der Waals surface area contributed by atoms with E-state index in [4.69, 9.17) is 16.3 Å². The van der Waals surface area contributed by atoms with Gasteiger partial charge in [0.25, 0.3) is 5.91 Å². The van der Waals surface area contributed by atoms with Gasteiger partial charge in [0.1, 0.15) is 5.75 Å². The first-order valence-corrected chi connectivity index (χ1v) is 8.78. The summed E-state index contributed by atoms with van der Waals surface area (Å²) in [6.45, 7) is 5.83. The third-order valence-corrected chi connectivity index (χ3v) is 4.65. The summed E-state index contributed by atoms with van der Waals surface area (Å²) in [7, 11) is 0. The Morgan fingerprint density at radius 1 is 1.44 bits per heavy atom. The Hall–Kier alpha value is -2.11. The summed E-state index contributed by atoms with van der Waals surface area (Å²) in [6, 6.07) is 9.38. The smallest absolute Gasteiger partial charge is 0.263 e. The number of piperazine rings is 1. The minimum atomic E-state index is -0.614. The highest BCUT2D eigenvalue weighted by molar-refractivity contribution is 6.32. The number of ether oxygens (including phenoxy) is 1. The molecule has 2 heterocycles. The molecule has 0 bridgehead atoms. The van der Waals surface area contributed by atoms with E-state index >= 15 is 0 Å². The Balaban J connectivity index is 1.76. The first-order chi connectivity index (χ1) is 12.1. The number of halogens is 1. The van der Waals surface area contributed by atoms with E-state index in [0.29, 0.717) is 23.9 Å². The van der Waals surface area contributed by atoms with Crippen molar-refractivity contribution in [2.75, 3.05) is 19.6 Å². The van der Waals surface area contributed by atoms with Crippen LogP contribution in [0, 0.1) is 6.92 Å². The Morgan fingerprint density at radius 3 is 3.04 bits per heavy atom. The molecule has 3 rings (SSSR count). The minimum absolute atomic E-state index is 0.0472. The molecule has 0 radical (unpaired) electrons. The van der Waals surface area contributed by atoms with Crippen molar-refractivity contribution < 1.29 is 9.53 Å². The second-order valence-corrected chi connectivity index (χ2v) is 6.64. The molecular weight excluding hydrogens is 338 g/mol. The average molecular weight is 360 g/mol. The van der Waals surface area contributed by atoms with Crippen LogP contribution < -0.4 is 10.1 Å². The quantitative estimate of drug-likeness (QED) is 0.911. The van der Waals surface area contributed by atoms with E-state index in [2.05, 4.69) is 10.3 Å². The zero-order valence-corrected chi connectivity index (χ0v) is 15.2. The second-order valence-electron chi connectivity index (χ2n) is 6.23. The molecular formula is C19H22ClN3O2. The fraction of sp³-hybridized carbons (Fsp3) is 0.368. The average Bonchev–Trinajstić information content (AvgIpc) is 2.65. The van der Waals surface area contributed by atoms with Crippen molar-refractivity contribution in [1.29, 1.82) is 0 Å². The number of aryl methyl sites for hydroxylation is 1. The lowest BCUT2D eigenvalue weighted by Crippen LogP contribution is -2.52. The minimum Gasteiger partial charge on any atom is -0.479 e. The van der Waals surface area contributed by atoms with Gasteiger partial charge in [0, 0.05) is 32.0 Å². The molecule has 25 heavy (non-hydrogen) atoms. The molecule has 0 spiro atoms. The summed E-state index contributed by atoms with van der Waals surface area (Å²) in [4.78, 5) is 19.0. The fourth-order valence-corrected chi connectivity index (χ4v) is 3.18. The van der Waals surface area contributed by atoms with Gasteiger partial charge in [0.2, 0.25) is 0 Å². The van der Waals surface area contributed by atoms with Crippen molar-refractivity contribution >= 4 is 17.5 Å². The van der Waals surface area contributed by atoms with Crippen LogP contribution in [-0.4, -0.2) is 41.5 Å². The maximum Gasteiger partial charge on any atom is 0.263 e. The van der Waals surface area contributed by atoms with Gasteiger partial charge in [-0.05, 0) is 43.2 Å². The van der Waals surface area contributed by atoms with Crippen LogP contribution in [0.2, 0.25) is 5.02 Å². The molecule has 1 aromatic heterocycles. The van der Waals surface area contributed by atoms with E-state index in [0.717, 1.165) is 17.7 Å². The highest BCUT2D eigenvalue weighted by Crippen LogP contribution is 2.28. The summed E-state index contributed by atoms with van der Waals surface area (Å²) < 4.78 is 5.87. The molecule has 0 saturated carbocycles. The number of hydrogen-bond acceptors (Lipinski definition) is 4. The summed E-state index contributed by atoms with van der Waals surface area (Å²) in [5.74, 6) is 0.489. The van der Waals surface area contributed by atoms with Gasteiger partial charge in [0.05, 0.1) is 11.1 Å². The molecule has 1 fully saturated rings. The Bertz CT molecular complexity index is 739. The van der Waals surface area contributed by atoms with Gasteiger partial charge in [-0.2, -0.15) is 0 Å². The lowest BCUT2D eigenvalue weighted by Gasteiger charge is -2.37. The van der Waals surface area contributed by atoms with Gasteiger partial charge < -0.3 is 15.0 Å². The molecule has 2 atom stereocenters. The maximum absolute atomic E-state index is 13.0. The fourth-order valence-electron chi connectivity index (χ4n) is 3.01. The number of carbonyl (C=O) groups excluding carboxylic acids is 1. The van der Waals surface area contributed by atoms with E-state index in [9.17, 15) is 4.79 Å². The highest BCUT2D eigenvalue weighted by Gasteiger charge is 2.31. The summed E-state index contributed by atoms with van der Waals surface area (Å²) in [6.07, 6.45) is 2.93. The van der Waals surface area contributed by atoms with E-state index in [-0.39, 0.29) is 11.9 Å². The highest BCUT2D eigenvalue weighted by atomic mass is 35.5. The molecule has 1 aromatic carbocycles. The normalized spacial score (nSPS) is 18.7. The SMILES string of the molecule is Cc1ccc(Cl)c(OC(C)C(=O)N2CCNCC2c2cccnc2)c1. The van der Waals surface area contributed by atoms with Crippen LogP contribution in [0.25, 0.3) is 0 Å². The molecule has 1 amide bonds. The third kappa shape index (κ3) is 4.11. The van der Waals surface area contributed by atoms with Crippen molar-refractivity contribution in [3.05, 3.63) is 58.9 Å². The van der Waals surface area contributed by atoms with E-state index in [1.54, 1.807) is 25.4 Å². The first kappa shape index (κ1) is 17.7. The molecule has 5 nitrogen and oxygen atoms in total. The molecule has 1 aliphatic rings.